The molecule has 1 aliphatic heterocycles. The van der Waals surface area contributed by atoms with Crippen molar-refractivity contribution < 1.29 is 14.0 Å². The van der Waals surface area contributed by atoms with E-state index in [1.54, 1.807) is 34.3 Å². The summed E-state index contributed by atoms with van der Waals surface area (Å²) in [6, 6.07) is 8.65. The first-order valence-electron chi connectivity index (χ1n) is 9.37. The van der Waals surface area contributed by atoms with Gasteiger partial charge in [-0.1, -0.05) is 12.1 Å². The van der Waals surface area contributed by atoms with Crippen molar-refractivity contribution in [3.8, 4) is 0 Å². The molecule has 5 nitrogen and oxygen atoms in total. The second-order valence-electron chi connectivity index (χ2n) is 7.22. The molecule has 0 bridgehead atoms. The van der Waals surface area contributed by atoms with Crippen LogP contribution in [-0.4, -0.2) is 52.8 Å². The van der Waals surface area contributed by atoms with Crippen LogP contribution in [0.4, 0.5) is 4.39 Å². The Kier molecular flexibility index (Phi) is 4.88. The van der Waals surface area contributed by atoms with E-state index in [1.807, 2.05) is 12.1 Å². The van der Waals surface area contributed by atoms with Crippen LogP contribution in [0.3, 0.4) is 0 Å². The molecule has 0 N–H and O–H groups in total. The molecule has 0 atom stereocenters. The molecule has 27 heavy (non-hydrogen) atoms. The number of aromatic nitrogens is 1. The molecule has 0 radical (unpaired) electrons. The van der Waals surface area contributed by atoms with Crippen LogP contribution in [-0.2, 0) is 11.2 Å². The molecule has 1 saturated heterocycles. The van der Waals surface area contributed by atoms with Crippen LogP contribution in [0.25, 0.3) is 0 Å². The van der Waals surface area contributed by atoms with Gasteiger partial charge in [0.25, 0.3) is 5.91 Å². The molecular formula is C21H22FN3O2. The fourth-order valence-electron chi connectivity index (χ4n) is 3.52. The second kappa shape index (κ2) is 7.47. The first kappa shape index (κ1) is 17.6. The van der Waals surface area contributed by atoms with Gasteiger partial charge in [-0.2, -0.15) is 0 Å². The number of piperazine rings is 1. The summed E-state index contributed by atoms with van der Waals surface area (Å²) < 4.78 is 14.2. The normalized spacial score (nSPS) is 17.1. The number of carbonyl (C=O) groups excluding carboxylic acids is 2. The molecule has 2 aliphatic rings. The Bertz CT molecular complexity index is 844. The molecule has 2 heterocycles. The first-order chi connectivity index (χ1) is 13.1. The zero-order chi connectivity index (χ0) is 18.8. The quantitative estimate of drug-likeness (QED) is 0.835. The van der Waals surface area contributed by atoms with E-state index in [1.165, 1.54) is 6.07 Å². The molecule has 1 aromatic carbocycles. The summed E-state index contributed by atoms with van der Waals surface area (Å²) in [5.74, 6) is 0.0739. The third kappa shape index (κ3) is 3.99. The third-order valence-corrected chi connectivity index (χ3v) is 5.27. The van der Waals surface area contributed by atoms with Gasteiger partial charge in [-0.3, -0.25) is 14.6 Å². The van der Waals surface area contributed by atoms with Crippen molar-refractivity contribution in [3.63, 3.8) is 0 Å². The van der Waals surface area contributed by atoms with E-state index < -0.39 is 0 Å². The van der Waals surface area contributed by atoms with Crippen molar-refractivity contribution in [2.24, 2.45) is 0 Å². The highest BCUT2D eigenvalue weighted by Crippen LogP contribution is 2.41. The van der Waals surface area contributed by atoms with Crippen LogP contribution in [0.2, 0.25) is 0 Å². The van der Waals surface area contributed by atoms with Crippen molar-refractivity contribution in [2.75, 3.05) is 26.2 Å². The smallest absolute Gasteiger partial charge is 0.255 e. The molecule has 2 aromatic rings. The number of carbonyl (C=O) groups is 2. The Balaban J connectivity index is 1.32. The highest BCUT2D eigenvalue weighted by molar-refractivity contribution is 5.94. The van der Waals surface area contributed by atoms with E-state index in [2.05, 4.69) is 4.98 Å². The maximum absolute atomic E-state index is 14.2. The third-order valence-electron chi connectivity index (χ3n) is 5.27. The molecule has 1 aromatic heterocycles. The average molecular weight is 367 g/mol. The lowest BCUT2D eigenvalue weighted by Crippen LogP contribution is -2.51. The molecule has 2 amide bonds. The van der Waals surface area contributed by atoms with Gasteiger partial charge in [0, 0.05) is 38.6 Å². The molecule has 4 rings (SSSR count). The van der Waals surface area contributed by atoms with Crippen molar-refractivity contribution in [2.45, 2.75) is 25.2 Å². The fourth-order valence-corrected chi connectivity index (χ4v) is 3.52. The van der Waals surface area contributed by atoms with Crippen LogP contribution < -0.4 is 0 Å². The predicted octanol–water partition coefficient (Wildman–Crippen LogP) is 2.63. The summed E-state index contributed by atoms with van der Waals surface area (Å²) in [5, 5.41) is 0. The Morgan fingerprint density at radius 3 is 2.44 bits per heavy atom. The number of hydrogen-bond donors (Lipinski definition) is 0. The number of amides is 2. The van der Waals surface area contributed by atoms with Crippen molar-refractivity contribution in [1.29, 1.82) is 0 Å². The largest absolute Gasteiger partial charge is 0.339 e. The summed E-state index contributed by atoms with van der Waals surface area (Å²) in [7, 11) is 0. The molecule has 6 heteroatoms. The van der Waals surface area contributed by atoms with Gasteiger partial charge in [0.15, 0.2) is 0 Å². The summed E-state index contributed by atoms with van der Waals surface area (Å²) in [6.45, 7) is 1.98. The van der Waals surface area contributed by atoms with E-state index in [0.29, 0.717) is 43.2 Å². The van der Waals surface area contributed by atoms with Crippen LogP contribution in [0.15, 0.2) is 42.7 Å². The topological polar surface area (TPSA) is 53.5 Å². The minimum absolute atomic E-state index is 0.0259. The van der Waals surface area contributed by atoms with Crippen molar-refractivity contribution in [1.82, 2.24) is 14.8 Å². The van der Waals surface area contributed by atoms with Crippen molar-refractivity contribution >= 4 is 11.8 Å². The standard InChI is InChI=1S/C21H22FN3O2/c22-19-12-15(3-6-18(19)16-4-5-16)13-20(26)24-8-10-25(11-9-24)21(27)17-2-1-7-23-14-17/h1-3,6-7,12,14,16H,4-5,8-11,13H2. The van der Waals surface area contributed by atoms with E-state index in [-0.39, 0.29) is 24.1 Å². The predicted molar refractivity (Wildman–Crippen MR) is 98.8 cm³/mol. The van der Waals surface area contributed by atoms with Gasteiger partial charge in [0.2, 0.25) is 5.91 Å². The highest BCUT2D eigenvalue weighted by Gasteiger charge is 2.27. The average Bonchev–Trinajstić information content (AvgIpc) is 3.53. The van der Waals surface area contributed by atoms with Gasteiger partial charge in [-0.05, 0) is 48.1 Å². The van der Waals surface area contributed by atoms with E-state index in [4.69, 9.17) is 0 Å². The number of pyridine rings is 1. The summed E-state index contributed by atoms with van der Waals surface area (Å²) in [4.78, 5) is 32.5. The Morgan fingerprint density at radius 1 is 1.07 bits per heavy atom. The SMILES string of the molecule is O=C(Cc1ccc(C2CC2)c(F)c1)N1CCN(C(=O)c2cccnc2)CC1. The van der Waals surface area contributed by atoms with Crippen LogP contribution in [0.5, 0.6) is 0 Å². The molecule has 0 spiro atoms. The Labute approximate surface area is 157 Å². The summed E-state index contributed by atoms with van der Waals surface area (Å²) >= 11 is 0. The zero-order valence-corrected chi connectivity index (χ0v) is 15.1. The summed E-state index contributed by atoms with van der Waals surface area (Å²) in [5.41, 5.74) is 2.04. The summed E-state index contributed by atoms with van der Waals surface area (Å²) in [6.07, 6.45) is 5.49. The number of nitrogens with zero attached hydrogens (tertiary/aromatic N) is 3. The van der Waals surface area contributed by atoms with Crippen molar-refractivity contribution in [3.05, 3.63) is 65.2 Å². The lowest BCUT2D eigenvalue weighted by atomic mass is 10.0. The lowest BCUT2D eigenvalue weighted by Gasteiger charge is -2.34. The van der Waals surface area contributed by atoms with Gasteiger partial charge in [-0.15, -0.1) is 0 Å². The maximum atomic E-state index is 14.2. The molecule has 2 fully saturated rings. The number of rotatable bonds is 4. The second-order valence-corrected chi connectivity index (χ2v) is 7.22. The number of hydrogen-bond acceptors (Lipinski definition) is 3. The molecular weight excluding hydrogens is 345 g/mol. The maximum Gasteiger partial charge on any atom is 0.255 e. The minimum Gasteiger partial charge on any atom is -0.339 e. The van der Waals surface area contributed by atoms with Crippen LogP contribution >= 0.6 is 0 Å². The zero-order valence-electron chi connectivity index (χ0n) is 15.1. The van der Waals surface area contributed by atoms with Gasteiger partial charge in [0.05, 0.1) is 12.0 Å². The lowest BCUT2D eigenvalue weighted by molar-refractivity contribution is -0.131. The monoisotopic (exact) mass is 367 g/mol. The molecule has 1 saturated carbocycles. The van der Waals surface area contributed by atoms with Gasteiger partial charge in [-0.25, -0.2) is 4.39 Å². The van der Waals surface area contributed by atoms with Gasteiger partial charge < -0.3 is 9.80 Å². The number of halogens is 1. The minimum atomic E-state index is -0.199. The van der Waals surface area contributed by atoms with Gasteiger partial charge >= 0.3 is 0 Å². The molecule has 1 aliphatic carbocycles. The molecule has 140 valence electrons. The molecule has 0 unspecified atom stereocenters. The van der Waals surface area contributed by atoms with Crippen LogP contribution in [0.1, 0.15) is 40.2 Å². The first-order valence-corrected chi connectivity index (χ1v) is 9.37. The van der Waals surface area contributed by atoms with Gasteiger partial charge in [0.1, 0.15) is 5.82 Å². The highest BCUT2D eigenvalue weighted by atomic mass is 19.1. The Hall–Kier alpha value is -2.76. The van der Waals surface area contributed by atoms with E-state index >= 15 is 0 Å². The van der Waals surface area contributed by atoms with E-state index in [9.17, 15) is 14.0 Å². The van der Waals surface area contributed by atoms with Crippen LogP contribution in [0, 0.1) is 5.82 Å². The fraction of sp³-hybridized carbons (Fsp3) is 0.381. The number of benzene rings is 1. The van der Waals surface area contributed by atoms with E-state index in [0.717, 1.165) is 18.4 Å². The Morgan fingerprint density at radius 2 is 1.81 bits per heavy atom.